The topological polar surface area (TPSA) is 464 Å². The molecule has 0 saturated heterocycles. The van der Waals surface area contributed by atoms with E-state index in [1.807, 2.05) is 62.4 Å². The zero-order chi connectivity index (χ0) is 59.7. The van der Waals surface area contributed by atoms with Gasteiger partial charge in [-0.15, -0.1) is 0 Å². The molecular weight excluding hydrogens is 1060 g/mol. The summed E-state index contributed by atoms with van der Waals surface area (Å²) >= 11 is 0. The number of hydrogen-bond donors (Lipinski definition) is 17. The first kappa shape index (κ1) is 64.4. The quantitative estimate of drug-likeness (QED) is 0.0124. The molecule has 3 aromatic heterocycles. The molecule has 446 valence electrons. The zero-order valence-corrected chi connectivity index (χ0v) is 46.4. The number of aliphatic imine (C=N–C) groups is 1. The monoisotopic (exact) mass is 1140 g/mol. The largest absolute Gasteiger partial charge is 0.480 e. The van der Waals surface area contributed by atoms with Gasteiger partial charge in [0.05, 0.1) is 12.9 Å². The van der Waals surface area contributed by atoms with E-state index in [4.69, 9.17) is 28.7 Å². The van der Waals surface area contributed by atoms with Gasteiger partial charge in [0.2, 0.25) is 41.4 Å². The van der Waals surface area contributed by atoms with Crippen LogP contribution in [0.4, 0.5) is 0 Å². The van der Waals surface area contributed by atoms with Crippen molar-refractivity contribution in [2.24, 2.45) is 39.6 Å². The molecule has 82 heavy (non-hydrogen) atoms. The van der Waals surface area contributed by atoms with E-state index in [0.717, 1.165) is 21.8 Å². The van der Waals surface area contributed by atoms with Crippen molar-refractivity contribution in [1.29, 1.82) is 0 Å². The molecule has 0 spiro atoms. The number of benzene rings is 2. The third-order valence-corrected chi connectivity index (χ3v) is 13.7. The van der Waals surface area contributed by atoms with Crippen molar-refractivity contribution in [2.75, 3.05) is 26.2 Å². The number of amides is 7. The Hall–Kier alpha value is -8.40. The van der Waals surface area contributed by atoms with Gasteiger partial charge in [0.15, 0.2) is 5.96 Å². The summed E-state index contributed by atoms with van der Waals surface area (Å²) in [6.45, 7) is 3.52. The molecular formula is C55H81N17O10. The highest BCUT2D eigenvalue weighted by Crippen LogP contribution is 2.22. The van der Waals surface area contributed by atoms with Crippen molar-refractivity contribution in [2.45, 2.75) is 139 Å². The maximum absolute atomic E-state index is 14.8. The molecule has 3 heterocycles. The third-order valence-electron chi connectivity index (χ3n) is 13.7. The number of aromatic nitrogens is 4. The van der Waals surface area contributed by atoms with Crippen LogP contribution in [0.15, 0.2) is 78.4 Å². The number of imidazole rings is 1. The van der Waals surface area contributed by atoms with Crippen LogP contribution in [0.1, 0.15) is 88.5 Å². The van der Waals surface area contributed by atoms with Crippen LogP contribution >= 0.6 is 0 Å². The Labute approximate surface area is 474 Å². The average molecular weight is 1140 g/mol. The molecule has 0 aliphatic rings. The van der Waals surface area contributed by atoms with E-state index in [-0.39, 0.29) is 82.9 Å². The second-order valence-electron chi connectivity index (χ2n) is 20.6. The minimum absolute atomic E-state index is 0.0252. The maximum Gasteiger partial charge on any atom is 0.326 e. The Kier molecular flexibility index (Phi) is 25.7. The van der Waals surface area contributed by atoms with E-state index < -0.39 is 102 Å². The van der Waals surface area contributed by atoms with Crippen LogP contribution in [0.5, 0.6) is 0 Å². The lowest BCUT2D eigenvalue weighted by molar-refractivity contribution is -0.142. The van der Waals surface area contributed by atoms with Gasteiger partial charge in [0, 0.05) is 71.9 Å². The number of aliphatic hydroxyl groups excluding tert-OH is 1. The van der Waals surface area contributed by atoms with E-state index in [9.17, 15) is 48.6 Å². The maximum atomic E-state index is 14.8. The van der Waals surface area contributed by atoms with Crippen molar-refractivity contribution in [3.05, 3.63) is 90.3 Å². The fourth-order valence-electron chi connectivity index (χ4n) is 9.27. The Bertz CT molecular complexity index is 2920. The molecule has 27 heteroatoms. The zero-order valence-electron chi connectivity index (χ0n) is 46.4. The lowest BCUT2D eigenvalue weighted by Crippen LogP contribution is -2.60. The minimum Gasteiger partial charge on any atom is -0.480 e. The molecule has 0 radical (unpaired) electrons. The number of hydrogen-bond acceptors (Lipinski definition) is 14. The number of carboxylic acids is 1. The smallest absolute Gasteiger partial charge is 0.326 e. The molecule has 0 bridgehead atoms. The predicted octanol–water partition coefficient (Wildman–Crippen LogP) is -1.44. The molecule has 7 amide bonds. The number of guanidine groups is 1. The molecule has 0 unspecified atom stereocenters. The number of carbonyl (C=O) groups is 8. The number of aliphatic hydroxyl groups is 1. The van der Waals surface area contributed by atoms with Gasteiger partial charge < -0.3 is 91.1 Å². The highest BCUT2D eigenvalue weighted by Gasteiger charge is 2.35. The summed E-state index contributed by atoms with van der Waals surface area (Å²) in [5.41, 5.74) is 31.9. The standard InChI is InChI=1S/C55H81N17O10/c1-31(2)22-43(51(78)72-46(54(81)82)24-33-27-64-39-15-6-4-13-36(33)39)70-52(79)44(23-32-26-63-38-14-5-3-12-35(32)38)71-50(77)41(17-8-10-20-57)66-49(76)42(18-11-21-62-55(59)60)67-48(75)40(16-7-9-19-56)68-53(80)45(25-34-28-61-30-65-34)69-47(74)37(58)29-73/h3-6,12-15,26-28,30-31,37,40-46,63-64,73H,7-11,16-25,29,56-58H2,1-2H3,(H,61,65)(H,66,76)(H,67,75)(H,68,80)(H,69,74)(H,70,79)(H,71,77)(H,72,78)(H,81,82)(H4,59,60,62)/t37-,40-,41-,42-,43-,44-,45-,46-/m0/s1. The van der Waals surface area contributed by atoms with Crippen LogP contribution in [-0.4, -0.2) is 158 Å². The average Bonchev–Trinajstić information content (AvgIpc) is 4.28. The van der Waals surface area contributed by atoms with Crippen LogP contribution < -0.4 is 65.9 Å². The summed E-state index contributed by atoms with van der Waals surface area (Å²) < 4.78 is 0. The van der Waals surface area contributed by atoms with Gasteiger partial charge in [-0.3, -0.25) is 38.6 Å². The summed E-state index contributed by atoms with van der Waals surface area (Å²) in [5, 5.41) is 40.4. The second kappa shape index (κ2) is 32.8. The minimum atomic E-state index is -1.38. The van der Waals surface area contributed by atoms with Crippen LogP contribution in [0.3, 0.4) is 0 Å². The molecule has 22 N–H and O–H groups in total. The number of nitrogens with zero attached hydrogens (tertiary/aromatic N) is 2. The Morgan fingerprint density at radius 2 is 0.988 bits per heavy atom. The molecule has 0 aliphatic heterocycles. The van der Waals surface area contributed by atoms with Crippen molar-refractivity contribution in [3.63, 3.8) is 0 Å². The fourth-order valence-corrected chi connectivity index (χ4v) is 9.27. The van der Waals surface area contributed by atoms with Crippen LogP contribution in [-0.2, 0) is 57.6 Å². The highest BCUT2D eigenvalue weighted by molar-refractivity contribution is 5.98. The number of unbranched alkanes of at least 4 members (excludes halogenated alkanes) is 2. The SMILES string of the molecule is CC(C)C[C@H](NC(=O)[C@H](Cc1c[nH]c2ccccc12)NC(=O)[C@H](CCCCN)NC(=O)[C@H](CCCN=C(N)N)NC(=O)[C@H](CCCCN)NC(=O)[C@H](Cc1cnc[nH]1)NC(=O)[C@@H](N)CO)C(=O)N[C@@H](Cc1c[nH]c2ccccc12)C(=O)O. The van der Waals surface area contributed by atoms with Crippen LogP contribution in [0.25, 0.3) is 21.8 Å². The van der Waals surface area contributed by atoms with Crippen molar-refractivity contribution in [3.8, 4) is 0 Å². The van der Waals surface area contributed by atoms with Crippen molar-refractivity contribution in [1.82, 2.24) is 57.2 Å². The number of H-pyrrole nitrogens is 3. The Morgan fingerprint density at radius 1 is 0.561 bits per heavy atom. The van der Waals surface area contributed by atoms with Crippen molar-refractivity contribution >= 4 is 75.1 Å². The first-order valence-corrected chi connectivity index (χ1v) is 27.6. The Balaban J connectivity index is 1.42. The summed E-state index contributed by atoms with van der Waals surface area (Å²) in [7, 11) is 0. The van der Waals surface area contributed by atoms with Gasteiger partial charge in [-0.1, -0.05) is 50.2 Å². The van der Waals surface area contributed by atoms with Crippen LogP contribution in [0, 0.1) is 5.92 Å². The highest BCUT2D eigenvalue weighted by atomic mass is 16.4. The summed E-state index contributed by atoms with van der Waals surface area (Å²) in [4.78, 5) is 129. The van der Waals surface area contributed by atoms with Gasteiger partial charge in [-0.2, -0.15) is 0 Å². The van der Waals surface area contributed by atoms with Gasteiger partial charge in [-0.05, 0) is 100 Å². The summed E-state index contributed by atoms with van der Waals surface area (Å²) in [5.74, 6) is -7.22. The van der Waals surface area contributed by atoms with Gasteiger partial charge >= 0.3 is 5.97 Å². The molecule has 5 aromatic rings. The first-order valence-electron chi connectivity index (χ1n) is 27.6. The van der Waals surface area contributed by atoms with E-state index >= 15 is 0 Å². The van der Waals surface area contributed by atoms with E-state index in [2.05, 4.69) is 62.1 Å². The van der Waals surface area contributed by atoms with E-state index in [1.165, 1.54) is 12.5 Å². The number of aliphatic carboxylic acids is 1. The number of carbonyl (C=O) groups excluding carboxylic acids is 7. The van der Waals surface area contributed by atoms with E-state index in [0.29, 0.717) is 42.5 Å². The van der Waals surface area contributed by atoms with Gasteiger partial charge in [-0.25, -0.2) is 9.78 Å². The normalized spacial score (nSPS) is 14.3. The molecule has 0 fully saturated rings. The van der Waals surface area contributed by atoms with Crippen LogP contribution in [0.2, 0.25) is 0 Å². The van der Waals surface area contributed by atoms with Gasteiger partial charge in [0.1, 0.15) is 48.3 Å². The van der Waals surface area contributed by atoms with Crippen molar-refractivity contribution < 1.29 is 48.6 Å². The molecule has 8 atom stereocenters. The predicted molar refractivity (Wildman–Crippen MR) is 308 cm³/mol. The molecule has 27 nitrogen and oxygen atoms in total. The Morgan fingerprint density at radius 3 is 1.45 bits per heavy atom. The molecule has 5 rings (SSSR count). The number of rotatable bonds is 36. The number of aromatic amines is 3. The molecule has 0 aliphatic carbocycles. The van der Waals surface area contributed by atoms with Gasteiger partial charge in [0.25, 0.3) is 0 Å². The van der Waals surface area contributed by atoms with E-state index in [1.54, 1.807) is 12.4 Å². The third kappa shape index (κ3) is 20.0. The molecule has 2 aromatic carbocycles. The number of nitrogens with one attached hydrogen (secondary N) is 10. The second-order valence-corrected chi connectivity index (χ2v) is 20.6. The number of fused-ring (bicyclic) bond motifs is 2. The molecule has 0 saturated carbocycles. The lowest BCUT2D eigenvalue weighted by Gasteiger charge is -2.28. The number of carboxylic acid groups (broad SMARTS) is 1. The lowest BCUT2D eigenvalue weighted by atomic mass is 9.99. The summed E-state index contributed by atoms with van der Waals surface area (Å²) in [6.07, 6.45) is 7.80. The fraction of sp³-hybridized carbons (Fsp3) is 0.491. The number of para-hydroxylation sites is 2. The summed E-state index contributed by atoms with van der Waals surface area (Å²) in [6, 6.07) is 4.02. The number of nitrogens with two attached hydrogens (primary N) is 5. The first-order chi connectivity index (χ1) is 39.3.